The highest BCUT2D eigenvalue weighted by Crippen LogP contribution is 2.52. The molecule has 330 valence electrons. The fourth-order valence-electron chi connectivity index (χ4n) is 9.39. The molecule has 8 rings (SSSR count). The molecule has 9 nitrogen and oxygen atoms in total. The summed E-state index contributed by atoms with van der Waals surface area (Å²) in [6, 6.07) is 36.5. The Kier molecular flexibility index (Phi) is 14.7. The predicted molar refractivity (Wildman–Crippen MR) is 263 cm³/mol. The Morgan fingerprint density at radius 1 is 0.734 bits per heavy atom. The zero-order valence-electron chi connectivity index (χ0n) is 35.8. The van der Waals surface area contributed by atoms with E-state index in [0.717, 1.165) is 128 Å². The fourth-order valence-corrected chi connectivity index (χ4v) is 12.0. The molecule has 1 aromatic heterocycles. The zero-order valence-corrected chi connectivity index (χ0v) is 38.3. The van der Waals surface area contributed by atoms with Crippen LogP contribution in [0.3, 0.4) is 0 Å². The third-order valence-corrected chi connectivity index (χ3v) is 15.2. The maximum absolute atomic E-state index is 13.9. The Morgan fingerprint density at radius 3 is 2.00 bits per heavy atom. The summed E-state index contributed by atoms with van der Waals surface area (Å²) in [6.07, 6.45) is 16.4. The second-order valence-electron chi connectivity index (χ2n) is 16.9. The molecule has 0 radical (unpaired) electrons. The number of carbonyl (C=O) groups excluding carboxylic acids is 1. The lowest BCUT2D eigenvalue weighted by atomic mass is 9.95. The number of carboxylic acid groups (broad SMARTS) is 2. The minimum Gasteiger partial charge on any atom is -0.481 e. The number of aliphatic carboxylic acids is 2. The molecule has 2 unspecified atom stereocenters. The Labute approximate surface area is 387 Å². The van der Waals surface area contributed by atoms with E-state index in [-0.39, 0.29) is 12.3 Å². The van der Waals surface area contributed by atoms with Gasteiger partial charge in [0.05, 0.1) is 4.53 Å². The Bertz CT molecular complexity index is 2690. The van der Waals surface area contributed by atoms with Gasteiger partial charge in [0.2, 0.25) is 0 Å². The number of nitrogens with zero attached hydrogens (tertiary/aromatic N) is 3. The molecule has 2 fully saturated rings. The van der Waals surface area contributed by atoms with E-state index < -0.39 is 24.0 Å². The fraction of sp³-hybridized carbons (Fsp3) is 0.327. The molecule has 2 aliphatic heterocycles. The number of aromatic nitrogens is 1. The zero-order chi connectivity index (χ0) is 44.6. The number of rotatable bonds is 19. The maximum Gasteiger partial charge on any atom is 0.323 e. The molecule has 0 bridgehead atoms. The molecule has 1 aliphatic carbocycles. The van der Waals surface area contributed by atoms with Crippen molar-refractivity contribution in [2.24, 2.45) is 0 Å². The summed E-state index contributed by atoms with van der Waals surface area (Å²) in [7, 11) is 0. The predicted octanol–water partition coefficient (Wildman–Crippen LogP) is 10.2. The average Bonchev–Trinajstić information content (AvgIpc) is 4.04. The van der Waals surface area contributed by atoms with Crippen molar-refractivity contribution < 1.29 is 24.6 Å². The van der Waals surface area contributed by atoms with Gasteiger partial charge in [-0.25, -0.2) is 0 Å². The summed E-state index contributed by atoms with van der Waals surface area (Å²) in [5.74, 6) is -1.84. The lowest BCUT2D eigenvalue weighted by molar-refractivity contribution is -0.138. The van der Waals surface area contributed by atoms with Crippen LogP contribution in [-0.4, -0.2) is 54.4 Å². The SMILES string of the molecule is O=C(O)CCCCCCCCCCCN1C(=O)/C(=c2\s/c(=C\c3ccc4c(c3)C3CCCC3N4c3ccc(C=C(c4ccccc4)c4ccccc4)cc3)c(=O)n2CC(=O)O)SC1=S. The number of fused-ring (bicyclic) bond motifs is 3. The van der Waals surface area contributed by atoms with Crippen LogP contribution >= 0.6 is 35.3 Å². The first kappa shape index (κ1) is 45.0. The lowest BCUT2D eigenvalue weighted by Crippen LogP contribution is -2.35. The monoisotopic (exact) mass is 911 g/mol. The number of anilines is 2. The van der Waals surface area contributed by atoms with Gasteiger partial charge in [-0.1, -0.05) is 154 Å². The second-order valence-corrected chi connectivity index (χ2v) is 19.5. The van der Waals surface area contributed by atoms with Crippen LogP contribution in [0.5, 0.6) is 0 Å². The Hall–Kier alpha value is -5.56. The summed E-state index contributed by atoms with van der Waals surface area (Å²) in [4.78, 5) is 54.8. The van der Waals surface area contributed by atoms with E-state index in [1.54, 1.807) is 4.90 Å². The van der Waals surface area contributed by atoms with Crippen LogP contribution in [0, 0.1) is 0 Å². The number of hydrogen-bond acceptors (Lipinski definition) is 8. The highest BCUT2D eigenvalue weighted by Gasteiger charge is 2.42. The van der Waals surface area contributed by atoms with Crippen LogP contribution in [0.4, 0.5) is 11.4 Å². The van der Waals surface area contributed by atoms with Crippen molar-refractivity contribution in [1.29, 1.82) is 0 Å². The first-order valence-electron chi connectivity index (χ1n) is 22.4. The van der Waals surface area contributed by atoms with Crippen LogP contribution in [0.1, 0.15) is 117 Å². The Balaban J connectivity index is 0.996. The molecular formula is C52H53N3O6S3. The van der Waals surface area contributed by atoms with E-state index in [1.807, 2.05) is 24.3 Å². The second kappa shape index (κ2) is 21.0. The van der Waals surface area contributed by atoms with Gasteiger partial charge in [0.1, 0.15) is 20.4 Å². The van der Waals surface area contributed by atoms with Gasteiger partial charge in [-0.05, 0) is 95.5 Å². The minimum atomic E-state index is -1.16. The summed E-state index contributed by atoms with van der Waals surface area (Å²) in [6.45, 7) is -0.0880. The van der Waals surface area contributed by atoms with Crippen LogP contribution in [0.25, 0.3) is 22.6 Å². The summed E-state index contributed by atoms with van der Waals surface area (Å²) in [5, 5.41) is 18.6. The smallest absolute Gasteiger partial charge is 0.323 e. The van der Waals surface area contributed by atoms with Gasteiger partial charge in [-0.3, -0.25) is 28.6 Å². The first-order chi connectivity index (χ1) is 31.2. The molecule has 12 heteroatoms. The van der Waals surface area contributed by atoms with Crippen molar-refractivity contribution in [3.8, 4) is 0 Å². The van der Waals surface area contributed by atoms with E-state index in [0.29, 0.717) is 36.9 Å². The molecule has 5 aromatic rings. The van der Waals surface area contributed by atoms with Crippen LogP contribution in [0.15, 0.2) is 108 Å². The molecule has 64 heavy (non-hydrogen) atoms. The highest BCUT2D eigenvalue weighted by atomic mass is 32.2. The number of carboxylic acids is 2. The maximum atomic E-state index is 13.9. The van der Waals surface area contributed by atoms with Crippen molar-refractivity contribution in [3.63, 3.8) is 0 Å². The molecule has 3 aliphatic rings. The number of unbranched alkanes of at least 4 members (excludes halogenated alkanes) is 8. The summed E-state index contributed by atoms with van der Waals surface area (Å²) < 4.78 is 2.31. The van der Waals surface area contributed by atoms with Gasteiger partial charge >= 0.3 is 11.9 Å². The van der Waals surface area contributed by atoms with E-state index in [1.165, 1.54) is 21.4 Å². The molecule has 1 saturated heterocycles. The minimum absolute atomic E-state index is 0.233. The molecule has 1 amide bonds. The number of carbonyl (C=O) groups is 3. The quantitative estimate of drug-likeness (QED) is 0.0474. The molecule has 3 heterocycles. The molecule has 2 atom stereocenters. The summed E-state index contributed by atoms with van der Waals surface area (Å²) in [5.41, 5.74) is 8.60. The lowest BCUT2D eigenvalue weighted by Gasteiger charge is -2.27. The third kappa shape index (κ3) is 10.4. The van der Waals surface area contributed by atoms with E-state index in [2.05, 4.69) is 95.9 Å². The first-order valence-corrected chi connectivity index (χ1v) is 24.5. The Morgan fingerprint density at radius 2 is 1.36 bits per heavy atom. The van der Waals surface area contributed by atoms with E-state index >= 15 is 0 Å². The topological polar surface area (TPSA) is 120 Å². The number of benzene rings is 4. The highest BCUT2D eigenvalue weighted by molar-refractivity contribution is 8.30. The average molecular weight is 912 g/mol. The van der Waals surface area contributed by atoms with E-state index in [4.69, 9.17) is 17.3 Å². The van der Waals surface area contributed by atoms with Gasteiger partial charge < -0.3 is 15.1 Å². The number of thiocarbonyl (C=S) groups is 1. The summed E-state index contributed by atoms with van der Waals surface area (Å²) >= 11 is 7.93. The van der Waals surface area contributed by atoms with Crippen LogP contribution in [0.2, 0.25) is 0 Å². The van der Waals surface area contributed by atoms with Gasteiger partial charge in [-0.15, -0.1) is 11.3 Å². The van der Waals surface area contributed by atoms with Crippen molar-refractivity contribution in [2.45, 2.75) is 102 Å². The number of amides is 1. The molecular weight excluding hydrogens is 859 g/mol. The van der Waals surface area contributed by atoms with Crippen molar-refractivity contribution in [1.82, 2.24) is 9.47 Å². The molecule has 4 aromatic carbocycles. The molecule has 0 spiro atoms. The van der Waals surface area contributed by atoms with Crippen molar-refractivity contribution >= 4 is 91.5 Å². The van der Waals surface area contributed by atoms with Crippen LogP contribution in [-0.2, 0) is 20.9 Å². The van der Waals surface area contributed by atoms with Crippen LogP contribution < -0.4 is 19.7 Å². The van der Waals surface area contributed by atoms with Crippen molar-refractivity contribution in [3.05, 3.63) is 150 Å². The van der Waals surface area contributed by atoms with Crippen molar-refractivity contribution in [2.75, 3.05) is 11.4 Å². The van der Waals surface area contributed by atoms with Gasteiger partial charge in [0.15, 0.2) is 0 Å². The van der Waals surface area contributed by atoms with E-state index in [9.17, 15) is 24.3 Å². The molecule has 2 N–H and O–H groups in total. The third-order valence-electron chi connectivity index (χ3n) is 12.5. The molecule has 1 saturated carbocycles. The normalized spacial score (nSPS) is 17.8. The van der Waals surface area contributed by atoms with Gasteiger partial charge in [-0.2, -0.15) is 0 Å². The van der Waals surface area contributed by atoms with Gasteiger partial charge in [0, 0.05) is 36.3 Å². The largest absolute Gasteiger partial charge is 0.481 e. The number of hydrogen-bond donors (Lipinski definition) is 2. The number of thiazole rings is 1. The standard InChI is InChI=1S/C52H53N3O6S3/c56-46(57)23-14-6-4-2-1-3-5-7-15-30-53-50(61)48(64-52(53)62)51-54(34-47(58)59)49(60)45(63-51)33-36-26-29-44-42(32-36)40-21-16-22-43(40)55(44)39-27-24-35(25-28-39)31-41(37-17-10-8-11-18-37)38-19-12-9-13-20-38/h8-13,17-20,24-29,31-33,40,43H,1-7,14-16,21-23,30,34H2,(H,56,57)(H,58,59)/b45-33-,51-48+. The number of thioether (sulfide) groups is 1. The van der Waals surface area contributed by atoms with Gasteiger partial charge in [0.25, 0.3) is 11.5 Å².